The highest BCUT2D eigenvalue weighted by Gasteiger charge is 2.49. The van der Waals surface area contributed by atoms with Gasteiger partial charge in [0.05, 0.1) is 11.1 Å². The van der Waals surface area contributed by atoms with E-state index < -0.39 is 0 Å². The molecule has 1 spiro atoms. The van der Waals surface area contributed by atoms with Gasteiger partial charge in [-0.3, -0.25) is 14.7 Å². The lowest BCUT2D eigenvalue weighted by molar-refractivity contribution is -0.128. The Hall–Kier alpha value is -1.72. The topological polar surface area (TPSA) is 36.4 Å². The number of anilines is 1. The number of rotatable bonds is 3. The largest absolute Gasteiger partial charge is 0.311 e. The molecule has 0 N–H and O–H groups in total. The fourth-order valence-electron chi connectivity index (χ4n) is 3.96. The number of pyridine rings is 1. The van der Waals surface area contributed by atoms with Crippen LogP contribution in [0.25, 0.3) is 0 Å². The zero-order valence-corrected chi connectivity index (χ0v) is 14.0. The maximum absolute atomic E-state index is 13.1. The molecule has 2 aliphatic heterocycles. The molecule has 4 heterocycles. The Kier molecular flexibility index (Phi) is 3.91. The van der Waals surface area contributed by atoms with Crippen molar-refractivity contribution >= 4 is 22.9 Å². The highest BCUT2D eigenvalue weighted by atomic mass is 32.1. The first-order valence-electron chi connectivity index (χ1n) is 8.22. The minimum atomic E-state index is -0.173. The lowest BCUT2D eigenvalue weighted by Crippen LogP contribution is -2.47. The molecule has 0 saturated carbocycles. The van der Waals surface area contributed by atoms with Gasteiger partial charge in [0.15, 0.2) is 0 Å². The number of piperidine rings is 1. The molecule has 1 atom stereocenters. The van der Waals surface area contributed by atoms with Gasteiger partial charge in [-0.2, -0.15) is 11.3 Å². The van der Waals surface area contributed by atoms with Gasteiger partial charge in [0, 0.05) is 37.4 Å². The highest BCUT2D eigenvalue weighted by molar-refractivity contribution is 7.08. The van der Waals surface area contributed by atoms with E-state index in [-0.39, 0.29) is 5.41 Å². The third-order valence-corrected chi connectivity index (χ3v) is 5.81. The van der Waals surface area contributed by atoms with E-state index in [4.69, 9.17) is 0 Å². The Morgan fingerprint density at radius 2 is 2.04 bits per heavy atom. The highest BCUT2D eigenvalue weighted by Crippen LogP contribution is 2.42. The van der Waals surface area contributed by atoms with Crippen molar-refractivity contribution in [2.24, 2.45) is 5.41 Å². The summed E-state index contributed by atoms with van der Waals surface area (Å²) in [5.74, 6) is 0.329. The number of thiophene rings is 1. The molecule has 4 rings (SSSR count). The van der Waals surface area contributed by atoms with Crippen molar-refractivity contribution in [2.45, 2.75) is 25.8 Å². The fraction of sp³-hybridized carbons (Fsp3) is 0.444. The number of nitrogens with zero attached hydrogens (tertiary/aromatic N) is 3. The number of carbonyl (C=O) groups excluding carboxylic acids is 1. The van der Waals surface area contributed by atoms with Crippen LogP contribution in [0.1, 0.15) is 24.8 Å². The van der Waals surface area contributed by atoms with Gasteiger partial charge in [-0.1, -0.05) is 0 Å². The van der Waals surface area contributed by atoms with E-state index in [9.17, 15) is 4.79 Å². The van der Waals surface area contributed by atoms with Gasteiger partial charge in [-0.05, 0) is 54.9 Å². The summed E-state index contributed by atoms with van der Waals surface area (Å²) in [6.07, 6.45) is 6.80. The summed E-state index contributed by atoms with van der Waals surface area (Å²) in [4.78, 5) is 21.6. The molecule has 0 aromatic carbocycles. The molecule has 0 aliphatic carbocycles. The normalized spacial score (nSPS) is 25.4. The van der Waals surface area contributed by atoms with Gasteiger partial charge in [-0.25, -0.2) is 0 Å². The molecule has 0 radical (unpaired) electrons. The average Bonchev–Trinajstić information content (AvgIpc) is 3.19. The van der Waals surface area contributed by atoms with Crippen LogP contribution in [0.2, 0.25) is 0 Å². The van der Waals surface area contributed by atoms with Crippen LogP contribution in [-0.4, -0.2) is 35.4 Å². The van der Waals surface area contributed by atoms with E-state index in [0.29, 0.717) is 5.91 Å². The van der Waals surface area contributed by atoms with Crippen molar-refractivity contribution in [1.29, 1.82) is 0 Å². The summed E-state index contributed by atoms with van der Waals surface area (Å²) in [6.45, 7) is 3.74. The van der Waals surface area contributed by atoms with Crippen LogP contribution in [-0.2, 0) is 11.3 Å². The van der Waals surface area contributed by atoms with E-state index in [1.54, 1.807) is 11.3 Å². The van der Waals surface area contributed by atoms with Crippen molar-refractivity contribution in [3.05, 3.63) is 46.9 Å². The first kappa shape index (κ1) is 14.8. The van der Waals surface area contributed by atoms with Crippen LogP contribution in [0.3, 0.4) is 0 Å². The van der Waals surface area contributed by atoms with Crippen LogP contribution in [0.5, 0.6) is 0 Å². The molecule has 1 amide bonds. The fourth-order valence-corrected chi connectivity index (χ4v) is 4.61. The quantitative estimate of drug-likeness (QED) is 0.869. The summed E-state index contributed by atoms with van der Waals surface area (Å²) in [5, 5.41) is 4.12. The smallest absolute Gasteiger partial charge is 0.234 e. The molecule has 4 nitrogen and oxygen atoms in total. The second-order valence-electron chi connectivity index (χ2n) is 6.64. The van der Waals surface area contributed by atoms with E-state index in [1.807, 2.05) is 22.7 Å². The molecule has 2 aromatic heterocycles. The van der Waals surface area contributed by atoms with Gasteiger partial charge in [0.25, 0.3) is 0 Å². The van der Waals surface area contributed by atoms with E-state index in [0.717, 1.165) is 51.1 Å². The van der Waals surface area contributed by atoms with Crippen molar-refractivity contribution in [1.82, 2.24) is 9.88 Å². The van der Waals surface area contributed by atoms with Crippen LogP contribution >= 0.6 is 11.3 Å². The van der Waals surface area contributed by atoms with Crippen LogP contribution in [0.15, 0.2) is 41.4 Å². The Balaban J connectivity index is 1.49. The summed E-state index contributed by atoms with van der Waals surface area (Å²) in [7, 11) is 0. The third-order valence-electron chi connectivity index (χ3n) is 5.14. The first-order chi connectivity index (χ1) is 11.3. The summed E-state index contributed by atoms with van der Waals surface area (Å²) >= 11 is 1.66. The second-order valence-corrected chi connectivity index (χ2v) is 7.42. The number of hydrogen-bond donors (Lipinski definition) is 0. The number of amides is 1. The lowest BCUT2D eigenvalue weighted by Gasteiger charge is -2.39. The minimum Gasteiger partial charge on any atom is -0.311 e. The van der Waals surface area contributed by atoms with Crippen LogP contribution in [0, 0.1) is 5.41 Å². The van der Waals surface area contributed by atoms with Gasteiger partial charge in [0.1, 0.15) is 0 Å². The Morgan fingerprint density at radius 3 is 2.83 bits per heavy atom. The van der Waals surface area contributed by atoms with Crippen molar-refractivity contribution in [3.8, 4) is 0 Å². The van der Waals surface area contributed by atoms with Crippen LogP contribution < -0.4 is 4.90 Å². The maximum Gasteiger partial charge on any atom is 0.234 e. The number of hydrogen-bond acceptors (Lipinski definition) is 4. The maximum atomic E-state index is 13.1. The standard InChI is InChI=1S/C18H21N3OS/c22-17-18(6-10-21(17)16-4-11-23-13-16)5-1-9-20(14-18)12-15-2-7-19-8-3-15/h2-4,7-8,11,13H,1,5-6,9-10,12,14H2. The predicted octanol–water partition coefficient (Wildman–Crippen LogP) is 3.16. The van der Waals surface area contributed by atoms with E-state index in [1.165, 1.54) is 5.56 Å². The van der Waals surface area contributed by atoms with Crippen molar-refractivity contribution < 1.29 is 4.79 Å². The number of likely N-dealkylation sites (tertiary alicyclic amines) is 1. The van der Waals surface area contributed by atoms with Gasteiger partial charge < -0.3 is 4.90 Å². The minimum absolute atomic E-state index is 0.173. The van der Waals surface area contributed by atoms with E-state index >= 15 is 0 Å². The number of aromatic nitrogens is 1. The molecule has 2 aliphatic rings. The zero-order chi connectivity index (χ0) is 15.7. The molecule has 0 bridgehead atoms. The second kappa shape index (κ2) is 6.06. The van der Waals surface area contributed by atoms with Crippen LogP contribution in [0.4, 0.5) is 5.69 Å². The summed E-state index contributed by atoms with van der Waals surface area (Å²) < 4.78 is 0. The molecule has 120 valence electrons. The first-order valence-corrected chi connectivity index (χ1v) is 9.17. The predicted molar refractivity (Wildman–Crippen MR) is 92.5 cm³/mol. The molecule has 5 heteroatoms. The molecule has 2 saturated heterocycles. The Morgan fingerprint density at radius 1 is 1.17 bits per heavy atom. The van der Waals surface area contributed by atoms with E-state index in [2.05, 4.69) is 33.5 Å². The Bertz CT molecular complexity index is 673. The van der Waals surface area contributed by atoms with Gasteiger partial charge in [0.2, 0.25) is 5.91 Å². The molecular weight excluding hydrogens is 306 g/mol. The average molecular weight is 327 g/mol. The SMILES string of the molecule is O=C1N(c2ccsc2)CCC12CCCN(Cc1ccncc1)C2. The monoisotopic (exact) mass is 327 g/mol. The molecule has 2 fully saturated rings. The molecule has 1 unspecified atom stereocenters. The van der Waals surface area contributed by atoms with Crippen molar-refractivity contribution in [3.63, 3.8) is 0 Å². The molecular formula is C18H21N3OS. The zero-order valence-electron chi connectivity index (χ0n) is 13.1. The third kappa shape index (κ3) is 2.79. The summed E-state index contributed by atoms with van der Waals surface area (Å²) in [6, 6.07) is 6.18. The number of carbonyl (C=O) groups is 1. The van der Waals surface area contributed by atoms with Gasteiger partial charge >= 0.3 is 0 Å². The molecule has 23 heavy (non-hydrogen) atoms. The summed E-state index contributed by atoms with van der Waals surface area (Å²) in [5.41, 5.74) is 2.17. The lowest BCUT2D eigenvalue weighted by atomic mass is 9.78. The van der Waals surface area contributed by atoms with Gasteiger partial charge in [-0.15, -0.1) is 0 Å². The van der Waals surface area contributed by atoms with Crippen molar-refractivity contribution in [2.75, 3.05) is 24.5 Å². The Labute approximate surface area is 140 Å². The molecule has 2 aromatic rings.